The third-order valence-electron chi connectivity index (χ3n) is 4.11. The summed E-state index contributed by atoms with van der Waals surface area (Å²) in [4.78, 5) is 16.8. The molecule has 0 bridgehead atoms. The Labute approximate surface area is 159 Å². The van der Waals surface area contributed by atoms with Crippen LogP contribution < -0.4 is 9.64 Å². The molecule has 2 aromatic carbocycles. The van der Waals surface area contributed by atoms with Crippen LogP contribution in [-0.2, 0) is 16.1 Å². The molecule has 0 unspecified atom stereocenters. The molecule has 0 radical (unpaired) electrons. The van der Waals surface area contributed by atoms with E-state index in [2.05, 4.69) is 14.8 Å². The minimum absolute atomic E-state index is 0.0258. The first-order chi connectivity index (χ1) is 13.6. The molecular weight excluding hydrogens is 362 g/mol. The van der Waals surface area contributed by atoms with Gasteiger partial charge in [-0.3, -0.25) is 4.63 Å². The first kappa shape index (κ1) is 17.5. The molecule has 8 nitrogen and oxygen atoms in total. The van der Waals surface area contributed by atoms with Gasteiger partial charge in [0.15, 0.2) is 12.3 Å². The number of carbonyl (C=O) groups is 1. The molecule has 0 amide bonds. The molecule has 3 aromatic rings. The number of hydrogen-bond acceptors (Lipinski definition) is 7. The summed E-state index contributed by atoms with van der Waals surface area (Å²) in [7, 11) is 0. The summed E-state index contributed by atoms with van der Waals surface area (Å²) >= 11 is 0. The molecule has 1 aliphatic heterocycles. The Kier molecular flexibility index (Phi) is 4.59. The standard InChI is InChI=1S/C20H15N3O5/c1-13-17(23(25)28-22-13)12-26-18-10-6-5-9-15(18)11-16-20(24)27-19(21-16)14-7-3-2-4-8-14/h2-11H,12H2,1H3/b16-11+. The smallest absolute Gasteiger partial charge is 0.363 e. The van der Waals surface area contributed by atoms with E-state index in [0.717, 1.165) is 0 Å². The minimum atomic E-state index is -0.541. The molecule has 0 saturated heterocycles. The summed E-state index contributed by atoms with van der Waals surface area (Å²) in [5.41, 5.74) is 2.22. The summed E-state index contributed by atoms with van der Waals surface area (Å²) in [6, 6.07) is 16.3. The highest BCUT2D eigenvalue weighted by Gasteiger charge is 2.24. The Morgan fingerprint density at radius 1 is 1.14 bits per heavy atom. The fourth-order valence-electron chi connectivity index (χ4n) is 2.63. The van der Waals surface area contributed by atoms with Crippen molar-refractivity contribution in [3.63, 3.8) is 0 Å². The molecule has 4 rings (SSSR count). The highest BCUT2D eigenvalue weighted by Crippen LogP contribution is 2.25. The molecule has 0 spiro atoms. The van der Waals surface area contributed by atoms with E-state index in [0.29, 0.717) is 27.5 Å². The van der Waals surface area contributed by atoms with Gasteiger partial charge in [0, 0.05) is 23.2 Å². The largest absolute Gasteiger partial charge is 0.484 e. The van der Waals surface area contributed by atoms with Crippen LogP contribution in [-0.4, -0.2) is 17.0 Å². The van der Waals surface area contributed by atoms with Gasteiger partial charge in [-0.2, -0.15) is 0 Å². The molecule has 8 heteroatoms. The van der Waals surface area contributed by atoms with Crippen molar-refractivity contribution in [3.8, 4) is 5.75 Å². The van der Waals surface area contributed by atoms with Gasteiger partial charge in [0.25, 0.3) is 0 Å². The number of ether oxygens (including phenoxy) is 2. The summed E-state index contributed by atoms with van der Waals surface area (Å²) in [6.45, 7) is 1.63. The number of nitrogens with zero attached hydrogens (tertiary/aromatic N) is 3. The van der Waals surface area contributed by atoms with E-state index in [9.17, 15) is 10.0 Å². The highest BCUT2D eigenvalue weighted by molar-refractivity contribution is 6.12. The zero-order valence-corrected chi connectivity index (χ0v) is 14.9. The van der Waals surface area contributed by atoms with Crippen LogP contribution in [0.4, 0.5) is 0 Å². The van der Waals surface area contributed by atoms with Crippen LogP contribution in [0.2, 0.25) is 0 Å². The highest BCUT2D eigenvalue weighted by atomic mass is 16.8. The molecule has 2 heterocycles. The quantitative estimate of drug-likeness (QED) is 0.385. The number of aryl methyl sites for hydroxylation is 1. The first-order valence-corrected chi connectivity index (χ1v) is 8.47. The molecule has 1 aliphatic rings. The minimum Gasteiger partial charge on any atom is -0.484 e. The predicted molar refractivity (Wildman–Crippen MR) is 98.0 cm³/mol. The maximum atomic E-state index is 12.2. The lowest BCUT2D eigenvalue weighted by Crippen LogP contribution is -2.29. The van der Waals surface area contributed by atoms with E-state index in [-0.39, 0.29) is 23.9 Å². The number of benzene rings is 2. The van der Waals surface area contributed by atoms with Crippen LogP contribution in [0.3, 0.4) is 0 Å². The third kappa shape index (κ3) is 3.48. The van der Waals surface area contributed by atoms with Crippen molar-refractivity contribution in [3.05, 3.63) is 88.0 Å². The molecule has 0 atom stereocenters. The average molecular weight is 377 g/mol. The molecule has 1 aromatic heterocycles. The van der Waals surface area contributed by atoms with Gasteiger partial charge in [0.2, 0.25) is 17.3 Å². The van der Waals surface area contributed by atoms with Crippen LogP contribution >= 0.6 is 0 Å². The monoisotopic (exact) mass is 377 g/mol. The van der Waals surface area contributed by atoms with Crippen LogP contribution in [0, 0.1) is 12.1 Å². The van der Waals surface area contributed by atoms with Crippen LogP contribution in [0.1, 0.15) is 22.5 Å². The van der Waals surface area contributed by atoms with Gasteiger partial charge in [-0.1, -0.05) is 36.4 Å². The van der Waals surface area contributed by atoms with Crippen molar-refractivity contribution >= 4 is 17.9 Å². The fraction of sp³-hybridized carbons (Fsp3) is 0.100. The normalized spacial score (nSPS) is 14.8. The topological polar surface area (TPSA) is 101 Å². The molecule has 0 aliphatic carbocycles. The van der Waals surface area contributed by atoms with E-state index in [1.54, 1.807) is 37.3 Å². The van der Waals surface area contributed by atoms with E-state index < -0.39 is 5.97 Å². The van der Waals surface area contributed by atoms with E-state index >= 15 is 0 Å². The second kappa shape index (κ2) is 7.36. The second-order valence-electron chi connectivity index (χ2n) is 5.99. The lowest BCUT2D eigenvalue weighted by atomic mass is 10.1. The molecule has 140 valence electrons. The van der Waals surface area contributed by atoms with Gasteiger partial charge in [-0.25, -0.2) is 9.79 Å². The third-order valence-corrected chi connectivity index (χ3v) is 4.11. The van der Waals surface area contributed by atoms with E-state index in [4.69, 9.17) is 9.47 Å². The van der Waals surface area contributed by atoms with Gasteiger partial charge in [-0.15, -0.1) is 0 Å². The summed E-state index contributed by atoms with van der Waals surface area (Å²) in [5.74, 6) is 0.190. The van der Waals surface area contributed by atoms with Crippen molar-refractivity contribution in [1.82, 2.24) is 5.16 Å². The molecule has 28 heavy (non-hydrogen) atoms. The Hall–Kier alpha value is -3.94. The molecule has 0 N–H and O–H groups in total. The lowest BCUT2D eigenvalue weighted by molar-refractivity contribution is -0.808. The number of rotatable bonds is 5. The number of para-hydroxylation sites is 1. The zero-order valence-electron chi connectivity index (χ0n) is 14.9. The van der Waals surface area contributed by atoms with E-state index in [1.807, 2.05) is 30.3 Å². The van der Waals surface area contributed by atoms with Gasteiger partial charge in [-0.05, 0) is 29.2 Å². The first-order valence-electron chi connectivity index (χ1n) is 8.47. The maximum absolute atomic E-state index is 12.2. The second-order valence-corrected chi connectivity index (χ2v) is 5.99. The lowest BCUT2D eigenvalue weighted by Gasteiger charge is -2.07. The summed E-state index contributed by atoms with van der Waals surface area (Å²) < 4.78 is 15.5. The van der Waals surface area contributed by atoms with Crippen LogP contribution in [0.25, 0.3) is 6.08 Å². The predicted octanol–water partition coefficient (Wildman–Crippen LogP) is 2.54. The zero-order chi connectivity index (χ0) is 19.5. The Balaban J connectivity index is 1.60. The Morgan fingerprint density at radius 2 is 1.89 bits per heavy atom. The van der Waals surface area contributed by atoms with Crippen LogP contribution in [0.15, 0.2) is 69.9 Å². The Bertz CT molecular complexity index is 1070. The number of hydrogen-bond donors (Lipinski definition) is 0. The molecular formula is C20H15N3O5. The fourth-order valence-corrected chi connectivity index (χ4v) is 2.63. The van der Waals surface area contributed by atoms with Crippen molar-refractivity contribution < 1.29 is 23.8 Å². The number of aromatic nitrogens is 2. The summed E-state index contributed by atoms with van der Waals surface area (Å²) in [5, 5.41) is 15.1. The van der Waals surface area contributed by atoms with Crippen molar-refractivity contribution in [2.45, 2.75) is 13.5 Å². The van der Waals surface area contributed by atoms with Gasteiger partial charge in [0.1, 0.15) is 5.75 Å². The number of carbonyl (C=O) groups excluding carboxylic acids is 1. The van der Waals surface area contributed by atoms with Gasteiger partial charge in [0.05, 0.1) is 0 Å². The van der Waals surface area contributed by atoms with Gasteiger partial charge < -0.3 is 14.7 Å². The SMILES string of the molecule is Cc1no[n+]([O-])c1COc1ccccc1/C=C1/N=C(c2ccccc2)OC1=O. The average Bonchev–Trinajstić information content (AvgIpc) is 3.24. The van der Waals surface area contributed by atoms with Crippen molar-refractivity contribution in [2.75, 3.05) is 0 Å². The number of aliphatic imine (C=N–C) groups is 1. The van der Waals surface area contributed by atoms with Crippen LogP contribution in [0.5, 0.6) is 5.75 Å². The van der Waals surface area contributed by atoms with Crippen molar-refractivity contribution in [1.29, 1.82) is 0 Å². The molecule has 0 fully saturated rings. The number of cyclic esters (lactones) is 1. The number of esters is 1. The maximum Gasteiger partial charge on any atom is 0.363 e. The summed E-state index contributed by atoms with van der Waals surface area (Å²) in [6.07, 6.45) is 1.58. The van der Waals surface area contributed by atoms with E-state index in [1.165, 1.54) is 0 Å². The van der Waals surface area contributed by atoms with Gasteiger partial charge >= 0.3 is 5.97 Å². The van der Waals surface area contributed by atoms with Crippen molar-refractivity contribution in [2.24, 2.45) is 4.99 Å². The Morgan fingerprint density at radius 3 is 2.64 bits per heavy atom. The molecule has 0 saturated carbocycles.